The zero-order valence-electron chi connectivity index (χ0n) is 7.93. The number of nitrogens with one attached hydrogen (secondary N) is 1. The molecule has 0 aliphatic rings. The second-order valence-electron chi connectivity index (χ2n) is 2.91. The van der Waals surface area contributed by atoms with E-state index in [1.54, 1.807) is 0 Å². The van der Waals surface area contributed by atoms with E-state index in [-0.39, 0.29) is 0 Å². The predicted octanol–water partition coefficient (Wildman–Crippen LogP) is 1.10. The Morgan fingerprint density at radius 2 is 2.00 bits per heavy atom. The Hall–Kier alpha value is -0.340. The van der Waals surface area contributed by atoms with Crippen LogP contribution in [0.4, 0.5) is 0 Å². The minimum absolute atomic E-state index is 1.09. The molecular formula is C9H20N2. The minimum Gasteiger partial charge on any atom is -0.315 e. The van der Waals surface area contributed by atoms with Crippen LogP contribution in [-0.2, 0) is 0 Å². The van der Waals surface area contributed by atoms with Crippen LogP contribution in [0.15, 0.2) is 12.2 Å². The van der Waals surface area contributed by atoms with Gasteiger partial charge in [0, 0.05) is 13.1 Å². The van der Waals surface area contributed by atoms with Crippen molar-refractivity contribution in [3.05, 3.63) is 12.2 Å². The lowest BCUT2D eigenvalue weighted by Gasteiger charge is -2.09. The Labute approximate surface area is 70.3 Å². The Kier molecular flexibility index (Phi) is 7.52. The molecule has 0 aromatic rings. The number of rotatable bonds is 6. The molecule has 0 atom stereocenters. The first-order valence-electron chi connectivity index (χ1n) is 4.24. The highest BCUT2D eigenvalue weighted by atomic mass is 15.1. The second kappa shape index (κ2) is 7.76. The van der Waals surface area contributed by atoms with Crippen LogP contribution in [0.5, 0.6) is 0 Å². The molecule has 0 aliphatic heterocycles. The molecule has 0 saturated heterocycles. The lowest BCUT2D eigenvalue weighted by Crippen LogP contribution is -2.26. The van der Waals surface area contributed by atoms with E-state index in [1.807, 2.05) is 0 Å². The third-order valence-corrected chi connectivity index (χ3v) is 1.46. The van der Waals surface area contributed by atoms with Gasteiger partial charge in [-0.25, -0.2) is 0 Å². The van der Waals surface area contributed by atoms with Crippen molar-refractivity contribution in [1.82, 2.24) is 10.2 Å². The maximum absolute atomic E-state index is 3.36. The molecule has 0 saturated carbocycles. The van der Waals surface area contributed by atoms with Gasteiger partial charge < -0.3 is 10.2 Å². The van der Waals surface area contributed by atoms with Crippen LogP contribution in [0.25, 0.3) is 0 Å². The molecular weight excluding hydrogens is 136 g/mol. The highest BCUT2D eigenvalue weighted by Gasteiger charge is 1.87. The summed E-state index contributed by atoms with van der Waals surface area (Å²) in [6.45, 7) is 5.36. The van der Waals surface area contributed by atoms with Crippen molar-refractivity contribution in [3.63, 3.8) is 0 Å². The third-order valence-electron chi connectivity index (χ3n) is 1.46. The quantitative estimate of drug-likeness (QED) is 0.458. The minimum atomic E-state index is 1.09. The van der Waals surface area contributed by atoms with Gasteiger partial charge in [-0.1, -0.05) is 12.2 Å². The molecule has 11 heavy (non-hydrogen) atoms. The number of nitrogens with zero attached hydrogens (tertiary/aromatic N) is 1. The molecule has 0 amide bonds. The fourth-order valence-electron chi connectivity index (χ4n) is 0.780. The van der Waals surface area contributed by atoms with Crippen LogP contribution in [0.2, 0.25) is 0 Å². The molecule has 0 aromatic heterocycles. The van der Waals surface area contributed by atoms with E-state index in [1.165, 1.54) is 0 Å². The maximum atomic E-state index is 3.36. The summed E-state index contributed by atoms with van der Waals surface area (Å²) < 4.78 is 0. The standard InChI is InChI=1S/C9H20N2/c1-4-5-6-7-10-8-9-11(2)3/h4-5,10H,6-9H2,1-3H3/b5-4+. The predicted molar refractivity (Wildman–Crippen MR) is 50.9 cm³/mol. The van der Waals surface area contributed by atoms with Gasteiger partial charge >= 0.3 is 0 Å². The van der Waals surface area contributed by atoms with Gasteiger partial charge in [-0.05, 0) is 34.0 Å². The number of allylic oxidation sites excluding steroid dienone is 1. The molecule has 0 unspecified atom stereocenters. The molecule has 0 heterocycles. The molecule has 0 radical (unpaired) electrons. The van der Waals surface area contributed by atoms with E-state index >= 15 is 0 Å². The molecule has 66 valence electrons. The third kappa shape index (κ3) is 9.66. The first kappa shape index (κ1) is 10.7. The Balaban J connectivity index is 2.91. The van der Waals surface area contributed by atoms with Crippen LogP contribution in [0.1, 0.15) is 13.3 Å². The topological polar surface area (TPSA) is 15.3 Å². The lowest BCUT2D eigenvalue weighted by atomic mass is 10.4. The molecule has 2 heteroatoms. The van der Waals surface area contributed by atoms with Gasteiger partial charge in [-0.2, -0.15) is 0 Å². The Morgan fingerprint density at radius 1 is 1.27 bits per heavy atom. The first-order valence-corrected chi connectivity index (χ1v) is 4.24. The summed E-state index contributed by atoms with van der Waals surface area (Å²) in [5.74, 6) is 0. The van der Waals surface area contributed by atoms with Gasteiger partial charge in [0.1, 0.15) is 0 Å². The monoisotopic (exact) mass is 156 g/mol. The van der Waals surface area contributed by atoms with Crippen molar-refractivity contribution in [1.29, 1.82) is 0 Å². The fourth-order valence-corrected chi connectivity index (χ4v) is 0.780. The smallest absolute Gasteiger partial charge is 0.0101 e. The molecule has 0 aliphatic carbocycles. The molecule has 0 bridgehead atoms. The molecule has 0 fully saturated rings. The highest BCUT2D eigenvalue weighted by molar-refractivity contribution is 4.77. The fraction of sp³-hybridized carbons (Fsp3) is 0.778. The number of likely N-dealkylation sites (N-methyl/N-ethyl adjacent to an activating group) is 1. The van der Waals surface area contributed by atoms with E-state index in [4.69, 9.17) is 0 Å². The lowest BCUT2D eigenvalue weighted by molar-refractivity contribution is 0.401. The van der Waals surface area contributed by atoms with Crippen molar-refractivity contribution >= 4 is 0 Å². The molecule has 0 spiro atoms. The summed E-state index contributed by atoms with van der Waals surface area (Å²) in [5.41, 5.74) is 0. The molecule has 0 rings (SSSR count). The van der Waals surface area contributed by atoms with Crippen molar-refractivity contribution in [2.24, 2.45) is 0 Å². The summed E-state index contributed by atoms with van der Waals surface area (Å²) >= 11 is 0. The van der Waals surface area contributed by atoms with E-state index in [9.17, 15) is 0 Å². The van der Waals surface area contributed by atoms with E-state index in [2.05, 4.69) is 43.4 Å². The van der Waals surface area contributed by atoms with Crippen LogP contribution >= 0.6 is 0 Å². The SMILES string of the molecule is C/C=C/CCNCCN(C)C. The average Bonchev–Trinajstić information content (AvgIpc) is 1.96. The highest BCUT2D eigenvalue weighted by Crippen LogP contribution is 1.79. The van der Waals surface area contributed by atoms with Gasteiger partial charge in [0.2, 0.25) is 0 Å². The van der Waals surface area contributed by atoms with Crippen LogP contribution in [0.3, 0.4) is 0 Å². The van der Waals surface area contributed by atoms with E-state index in [0.717, 1.165) is 26.1 Å². The van der Waals surface area contributed by atoms with Crippen LogP contribution < -0.4 is 5.32 Å². The van der Waals surface area contributed by atoms with Gasteiger partial charge in [-0.3, -0.25) is 0 Å². The maximum Gasteiger partial charge on any atom is 0.0101 e. The Bertz CT molecular complexity index is 97.7. The normalized spacial score (nSPS) is 11.6. The van der Waals surface area contributed by atoms with Gasteiger partial charge in [0.15, 0.2) is 0 Å². The van der Waals surface area contributed by atoms with Crippen molar-refractivity contribution in [2.45, 2.75) is 13.3 Å². The van der Waals surface area contributed by atoms with Gasteiger partial charge in [-0.15, -0.1) is 0 Å². The molecule has 2 nitrogen and oxygen atoms in total. The summed E-state index contributed by atoms with van der Waals surface area (Å²) in [7, 11) is 4.18. The summed E-state index contributed by atoms with van der Waals surface area (Å²) in [6.07, 6.45) is 5.42. The van der Waals surface area contributed by atoms with Crippen LogP contribution in [-0.4, -0.2) is 38.6 Å². The van der Waals surface area contributed by atoms with Gasteiger partial charge in [0.05, 0.1) is 0 Å². The Morgan fingerprint density at radius 3 is 2.55 bits per heavy atom. The molecule has 0 aromatic carbocycles. The van der Waals surface area contributed by atoms with E-state index < -0.39 is 0 Å². The first-order chi connectivity index (χ1) is 5.27. The average molecular weight is 156 g/mol. The summed E-state index contributed by atoms with van der Waals surface area (Å²) in [4.78, 5) is 2.18. The summed E-state index contributed by atoms with van der Waals surface area (Å²) in [5, 5.41) is 3.36. The van der Waals surface area contributed by atoms with E-state index in [0.29, 0.717) is 0 Å². The largest absolute Gasteiger partial charge is 0.315 e. The number of hydrogen-bond donors (Lipinski definition) is 1. The zero-order chi connectivity index (χ0) is 8.53. The van der Waals surface area contributed by atoms with Crippen LogP contribution in [0, 0.1) is 0 Å². The van der Waals surface area contributed by atoms with Crippen molar-refractivity contribution in [2.75, 3.05) is 33.7 Å². The molecule has 1 N–H and O–H groups in total. The van der Waals surface area contributed by atoms with Crippen molar-refractivity contribution in [3.8, 4) is 0 Å². The zero-order valence-corrected chi connectivity index (χ0v) is 7.93. The second-order valence-corrected chi connectivity index (χ2v) is 2.91. The van der Waals surface area contributed by atoms with Crippen molar-refractivity contribution < 1.29 is 0 Å². The number of hydrogen-bond acceptors (Lipinski definition) is 2. The van der Waals surface area contributed by atoms with Gasteiger partial charge in [0.25, 0.3) is 0 Å². The summed E-state index contributed by atoms with van der Waals surface area (Å²) in [6, 6.07) is 0.